The number of hydrogen-bond donors (Lipinski definition) is 0. The number of amides is 1. The van der Waals surface area contributed by atoms with Crippen molar-refractivity contribution in [3.63, 3.8) is 0 Å². The fourth-order valence-corrected chi connectivity index (χ4v) is 5.57. The summed E-state index contributed by atoms with van der Waals surface area (Å²) < 4.78 is 19.0. The van der Waals surface area contributed by atoms with Gasteiger partial charge in [0.25, 0.3) is 5.91 Å². The van der Waals surface area contributed by atoms with Gasteiger partial charge in [-0.05, 0) is 60.9 Å². The highest BCUT2D eigenvalue weighted by atomic mass is 79.9. The van der Waals surface area contributed by atoms with Gasteiger partial charge in [-0.3, -0.25) is 9.59 Å². The van der Waals surface area contributed by atoms with E-state index >= 15 is 0 Å². The molecule has 1 amide bonds. The van der Waals surface area contributed by atoms with Crippen LogP contribution in [0.2, 0.25) is 0 Å². The second-order valence-electron chi connectivity index (χ2n) is 10.0. The van der Waals surface area contributed by atoms with Crippen molar-refractivity contribution >= 4 is 32.8 Å². The van der Waals surface area contributed by atoms with Gasteiger partial charge in [0.15, 0.2) is 16.9 Å². The van der Waals surface area contributed by atoms with Crippen molar-refractivity contribution in [3.05, 3.63) is 139 Å². The molecule has 2 heterocycles. The summed E-state index contributed by atoms with van der Waals surface area (Å²) in [4.78, 5) is 29.5. The molecule has 0 radical (unpaired) electrons. The maximum Gasteiger partial charge on any atom is 0.291 e. The van der Waals surface area contributed by atoms with Gasteiger partial charge in [-0.25, -0.2) is 0 Å². The molecule has 1 aliphatic rings. The highest BCUT2D eigenvalue weighted by Gasteiger charge is 2.43. The average Bonchev–Trinajstić information content (AvgIpc) is 3.25. The molecule has 206 valence electrons. The number of fused-ring (bicyclic) bond motifs is 2. The van der Waals surface area contributed by atoms with Crippen LogP contribution in [0, 0.1) is 6.92 Å². The van der Waals surface area contributed by atoms with Crippen LogP contribution >= 0.6 is 15.9 Å². The Bertz CT molecular complexity index is 1800. The number of aryl methyl sites for hydroxylation is 1. The Hall–Kier alpha value is -4.36. The van der Waals surface area contributed by atoms with Crippen molar-refractivity contribution in [2.75, 3.05) is 6.61 Å². The van der Waals surface area contributed by atoms with E-state index < -0.39 is 6.04 Å². The standard InChI is InChI=1S/C34H28BrNO5/c1-3-39-29-17-24(13-15-28(29)40-20-23-7-5-4-6-8-23)31-30-32(37)26-18-25(35)14-16-27(26)41-33(30)34(38)36(31)19-22-11-9-21(2)10-12-22/h4-18,31H,3,19-20H2,1-2H3. The highest BCUT2D eigenvalue weighted by molar-refractivity contribution is 9.10. The van der Waals surface area contributed by atoms with Gasteiger partial charge in [-0.15, -0.1) is 0 Å². The third kappa shape index (κ3) is 5.25. The average molecular weight is 611 g/mol. The van der Waals surface area contributed by atoms with Gasteiger partial charge in [-0.1, -0.05) is 82.2 Å². The molecular formula is C34H28BrNO5. The van der Waals surface area contributed by atoms with Crippen LogP contribution in [-0.2, 0) is 13.2 Å². The number of nitrogens with zero attached hydrogens (tertiary/aromatic N) is 1. The molecule has 1 aliphatic heterocycles. The summed E-state index contributed by atoms with van der Waals surface area (Å²) in [5, 5.41) is 0.418. The van der Waals surface area contributed by atoms with Crippen LogP contribution in [0.25, 0.3) is 11.0 Å². The SMILES string of the molecule is CCOc1cc(C2c3c(oc4ccc(Br)cc4c3=O)C(=O)N2Cc2ccc(C)cc2)ccc1OCc1ccccc1. The predicted molar refractivity (Wildman–Crippen MR) is 161 cm³/mol. The van der Waals surface area contributed by atoms with Crippen LogP contribution < -0.4 is 14.9 Å². The van der Waals surface area contributed by atoms with Gasteiger partial charge in [0.1, 0.15) is 12.2 Å². The molecule has 7 heteroatoms. The molecular weight excluding hydrogens is 582 g/mol. The molecule has 1 aromatic heterocycles. The molecule has 0 spiro atoms. The summed E-state index contributed by atoms with van der Waals surface area (Å²) in [6, 6.07) is 28.1. The van der Waals surface area contributed by atoms with Crippen LogP contribution in [0.1, 0.15) is 51.3 Å². The number of carbonyl (C=O) groups excluding carboxylic acids is 1. The van der Waals surface area contributed by atoms with E-state index in [-0.39, 0.29) is 17.1 Å². The summed E-state index contributed by atoms with van der Waals surface area (Å²) in [6.07, 6.45) is 0. The van der Waals surface area contributed by atoms with Crippen molar-refractivity contribution in [2.45, 2.75) is 33.0 Å². The minimum absolute atomic E-state index is 0.0734. The zero-order chi connectivity index (χ0) is 28.5. The van der Waals surface area contributed by atoms with Crippen molar-refractivity contribution in [1.29, 1.82) is 0 Å². The Morgan fingerprint density at radius 2 is 1.63 bits per heavy atom. The van der Waals surface area contributed by atoms with Crippen molar-refractivity contribution in [3.8, 4) is 11.5 Å². The fraction of sp³-hybridized carbons (Fsp3) is 0.176. The quantitative estimate of drug-likeness (QED) is 0.181. The molecule has 1 unspecified atom stereocenters. The van der Waals surface area contributed by atoms with Gasteiger partial charge in [-0.2, -0.15) is 0 Å². The van der Waals surface area contributed by atoms with Crippen molar-refractivity contribution in [2.24, 2.45) is 0 Å². The summed E-state index contributed by atoms with van der Waals surface area (Å²) in [5.41, 5.74) is 4.33. The van der Waals surface area contributed by atoms with E-state index in [4.69, 9.17) is 13.9 Å². The van der Waals surface area contributed by atoms with Gasteiger partial charge in [0.05, 0.1) is 23.6 Å². The van der Waals surface area contributed by atoms with E-state index in [1.807, 2.05) is 86.6 Å². The monoisotopic (exact) mass is 609 g/mol. The van der Waals surface area contributed by atoms with Crippen LogP contribution in [0.15, 0.2) is 105 Å². The maximum atomic E-state index is 14.0. The van der Waals surface area contributed by atoms with Crippen molar-refractivity contribution in [1.82, 2.24) is 4.90 Å². The Labute approximate surface area is 246 Å². The molecule has 6 nitrogen and oxygen atoms in total. The summed E-state index contributed by atoms with van der Waals surface area (Å²) in [5.74, 6) is 0.882. The van der Waals surface area contributed by atoms with Crippen LogP contribution in [-0.4, -0.2) is 17.4 Å². The molecule has 1 atom stereocenters. The maximum absolute atomic E-state index is 14.0. The van der Waals surface area contributed by atoms with E-state index in [0.717, 1.165) is 26.7 Å². The van der Waals surface area contributed by atoms with Crippen LogP contribution in [0.4, 0.5) is 0 Å². The molecule has 6 rings (SSSR count). The topological polar surface area (TPSA) is 69.0 Å². The van der Waals surface area contributed by atoms with Crippen molar-refractivity contribution < 1.29 is 18.7 Å². The van der Waals surface area contributed by atoms with Gasteiger partial charge in [0.2, 0.25) is 5.76 Å². The molecule has 0 aliphatic carbocycles. The predicted octanol–water partition coefficient (Wildman–Crippen LogP) is 7.59. The first-order valence-electron chi connectivity index (χ1n) is 13.5. The third-order valence-electron chi connectivity index (χ3n) is 7.22. The first-order valence-corrected chi connectivity index (χ1v) is 14.3. The Morgan fingerprint density at radius 3 is 2.39 bits per heavy atom. The van der Waals surface area contributed by atoms with Crippen LogP contribution in [0.5, 0.6) is 11.5 Å². The van der Waals surface area contributed by atoms with E-state index in [2.05, 4.69) is 15.9 Å². The molecule has 41 heavy (non-hydrogen) atoms. The number of benzene rings is 4. The molecule has 0 fully saturated rings. The largest absolute Gasteiger partial charge is 0.490 e. The third-order valence-corrected chi connectivity index (χ3v) is 7.72. The molecule has 4 aromatic carbocycles. The number of ether oxygens (including phenoxy) is 2. The Kier molecular flexibility index (Phi) is 7.37. The van der Waals surface area contributed by atoms with Crippen LogP contribution in [0.3, 0.4) is 0 Å². The first kappa shape index (κ1) is 26.8. The summed E-state index contributed by atoms with van der Waals surface area (Å²) in [6.45, 7) is 5.05. The van der Waals surface area contributed by atoms with Gasteiger partial charge in [0, 0.05) is 11.0 Å². The second-order valence-corrected chi connectivity index (χ2v) is 11.0. The lowest BCUT2D eigenvalue weighted by Crippen LogP contribution is -2.29. The lowest BCUT2D eigenvalue weighted by molar-refractivity contribution is 0.0714. The number of carbonyl (C=O) groups is 1. The Morgan fingerprint density at radius 1 is 0.854 bits per heavy atom. The Balaban J connectivity index is 1.46. The minimum atomic E-state index is -0.666. The van der Waals surface area contributed by atoms with Gasteiger partial charge >= 0.3 is 0 Å². The molecule has 0 saturated heterocycles. The zero-order valence-corrected chi connectivity index (χ0v) is 24.3. The normalized spacial score (nSPS) is 14.4. The first-order chi connectivity index (χ1) is 19.9. The fourth-order valence-electron chi connectivity index (χ4n) is 5.21. The van der Waals surface area contributed by atoms with E-state index in [9.17, 15) is 9.59 Å². The number of rotatable bonds is 8. The highest BCUT2D eigenvalue weighted by Crippen LogP contribution is 2.42. The molecule has 0 saturated carbocycles. The van der Waals surface area contributed by atoms with E-state index in [1.54, 1.807) is 23.1 Å². The summed E-state index contributed by atoms with van der Waals surface area (Å²) >= 11 is 3.46. The lowest BCUT2D eigenvalue weighted by Gasteiger charge is -2.26. The van der Waals surface area contributed by atoms with E-state index in [1.165, 1.54) is 0 Å². The second kappa shape index (κ2) is 11.3. The van der Waals surface area contributed by atoms with Gasteiger partial charge < -0.3 is 18.8 Å². The smallest absolute Gasteiger partial charge is 0.291 e. The molecule has 0 N–H and O–H groups in total. The minimum Gasteiger partial charge on any atom is -0.490 e. The molecule has 5 aromatic rings. The van der Waals surface area contributed by atoms with E-state index in [0.29, 0.717) is 47.8 Å². The number of halogens is 1. The molecule has 0 bridgehead atoms. The lowest BCUT2D eigenvalue weighted by atomic mass is 9.97. The number of hydrogen-bond acceptors (Lipinski definition) is 5. The zero-order valence-electron chi connectivity index (χ0n) is 22.7. The summed E-state index contributed by atoms with van der Waals surface area (Å²) in [7, 11) is 0.